The molecule has 252 valence electrons. The second kappa shape index (κ2) is 10.3. The van der Waals surface area contributed by atoms with E-state index in [-0.39, 0.29) is 23.7 Å². The Hall–Kier alpha value is -1.85. The molecule has 9 nitrogen and oxygen atoms in total. The molecule has 2 spiro atoms. The van der Waals surface area contributed by atoms with Gasteiger partial charge in [-0.1, -0.05) is 77.7 Å². The molecule has 8 rings (SSSR count). The fourth-order valence-electron chi connectivity index (χ4n) is 11.6. The van der Waals surface area contributed by atoms with Gasteiger partial charge in [-0.05, 0) is 61.1 Å². The van der Waals surface area contributed by atoms with E-state index in [2.05, 4.69) is 20.4 Å². The van der Waals surface area contributed by atoms with E-state index in [9.17, 15) is 20.1 Å². The molecule has 7 fully saturated rings. The highest BCUT2D eigenvalue weighted by Crippen LogP contribution is 2.75. The smallest absolute Gasteiger partial charge is 0.338 e. The van der Waals surface area contributed by atoms with Gasteiger partial charge in [-0.25, -0.2) is 4.79 Å². The summed E-state index contributed by atoms with van der Waals surface area (Å²) in [5, 5.41) is 37.0. The first kappa shape index (κ1) is 31.4. The van der Waals surface area contributed by atoms with Crippen molar-refractivity contribution in [3.05, 3.63) is 48.0 Å². The van der Waals surface area contributed by atoms with E-state index in [1.54, 1.807) is 24.3 Å². The third-order valence-electron chi connectivity index (χ3n) is 13.6. The third kappa shape index (κ3) is 3.79. The van der Waals surface area contributed by atoms with E-state index < -0.39 is 77.2 Å². The standard InChI is InChI=1S/C37H50O9/c1-20(2)33-18-22(4)37-26-29(33)44-35(45-33,46-37)17-13-8-6-7-10-14-21(3)25-23(5)28(42-31(39)24-15-11-9-12-16-24)36(41,27(25)37)32(40)34(19-38)30(26)43-34/h9,11-12,15-16,21-23,25-30,32,38,40-41H,1,6-8,10,13-14,17-19H2,2-5H3/t21-,22+,23-,25-,26-,27+,28-,29+,30-,32+,33+,34-,35+,36+,37+/m0/s1. The Balaban J connectivity index is 1.36. The van der Waals surface area contributed by atoms with Crippen molar-refractivity contribution >= 4 is 5.97 Å². The Labute approximate surface area is 271 Å². The molecule has 0 aromatic heterocycles. The first-order valence-electron chi connectivity index (χ1n) is 17.6. The average molecular weight is 639 g/mol. The molecular weight excluding hydrogens is 588 g/mol. The highest BCUT2D eigenvalue weighted by Gasteiger charge is 2.90. The quantitative estimate of drug-likeness (QED) is 0.248. The van der Waals surface area contributed by atoms with Gasteiger partial charge in [-0.3, -0.25) is 0 Å². The Morgan fingerprint density at radius 2 is 1.74 bits per heavy atom. The van der Waals surface area contributed by atoms with E-state index in [1.165, 1.54) is 0 Å². The van der Waals surface area contributed by atoms with Crippen LogP contribution < -0.4 is 0 Å². The van der Waals surface area contributed by atoms with Crippen LogP contribution in [0, 0.1) is 35.5 Å². The third-order valence-corrected chi connectivity index (χ3v) is 13.6. The maximum Gasteiger partial charge on any atom is 0.338 e. The summed E-state index contributed by atoms with van der Waals surface area (Å²) >= 11 is 0. The zero-order valence-electron chi connectivity index (χ0n) is 27.5. The summed E-state index contributed by atoms with van der Waals surface area (Å²) < 4.78 is 34.2. The number of aliphatic hydroxyl groups excluding tert-OH is 2. The van der Waals surface area contributed by atoms with E-state index in [0.717, 1.165) is 44.1 Å². The lowest BCUT2D eigenvalue weighted by Crippen LogP contribution is -2.73. The Morgan fingerprint density at radius 1 is 1.02 bits per heavy atom. The molecule has 1 aromatic carbocycles. The molecule has 3 aliphatic carbocycles. The summed E-state index contributed by atoms with van der Waals surface area (Å²) in [4.78, 5) is 13.7. The van der Waals surface area contributed by atoms with Crippen LogP contribution in [0.5, 0.6) is 0 Å². The van der Waals surface area contributed by atoms with Crippen molar-refractivity contribution in [1.82, 2.24) is 0 Å². The van der Waals surface area contributed by atoms with Crippen LogP contribution in [0.1, 0.15) is 89.4 Å². The fraction of sp³-hybridized carbons (Fsp3) is 0.757. The SMILES string of the molecule is C=C(C)[C@]12C[C@@H](C)[C@@]34O[C@@]5(CCCCCCC[C@H](C)[C@H]6[C@H](C)[C@H](OC(=O)c7ccccc7)[C@@](O)([C@H](O)[C@@]7(CO)O[C@H]7[C@@H]3[C@H]1O5)[C@@H]64)O2. The maximum absolute atomic E-state index is 13.7. The molecular formula is C37H50O9. The van der Waals surface area contributed by atoms with Crippen LogP contribution in [0.3, 0.4) is 0 Å². The maximum atomic E-state index is 13.7. The van der Waals surface area contributed by atoms with Crippen LogP contribution in [-0.4, -0.2) is 80.7 Å². The van der Waals surface area contributed by atoms with Gasteiger partial charge < -0.3 is 39.0 Å². The zero-order chi connectivity index (χ0) is 32.4. The lowest BCUT2D eigenvalue weighted by atomic mass is 9.52. The predicted molar refractivity (Wildman–Crippen MR) is 166 cm³/mol. The summed E-state index contributed by atoms with van der Waals surface area (Å²) in [5.74, 6) is -3.61. The van der Waals surface area contributed by atoms with E-state index in [4.69, 9.17) is 23.7 Å². The van der Waals surface area contributed by atoms with Gasteiger partial charge in [-0.15, -0.1) is 0 Å². The number of carbonyl (C=O) groups is 1. The van der Waals surface area contributed by atoms with Gasteiger partial charge in [0.05, 0.1) is 17.8 Å². The van der Waals surface area contributed by atoms with Crippen LogP contribution in [0.25, 0.3) is 0 Å². The van der Waals surface area contributed by atoms with Crippen molar-refractivity contribution in [2.45, 2.75) is 132 Å². The largest absolute Gasteiger partial charge is 0.455 e. The number of hydrogen-bond donors (Lipinski definition) is 3. The number of aliphatic hydroxyl groups is 3. The average Bonchev–Trinajstić information content (AvgIpc) is 3.67. The zero-order valence-corrected chi connectivity index (χ0v) is 27.5. The molecule has 4 heterocycles. The van der Waals surface area contributed by atoms with Crippen LogP contribution in [-0.2, 0) is 23.7 Å². The molecule has 9 heteroatoms. The molecule has 3 saturated carbocycles. The number of epoxide rings is 1. The van der Waals surface area contributed by atoms with Crippen LogP contribution in [0.2, 0.25) is 0 Å². The lowest BCUT2D eigenvalue weighted by Gasteiger charge is -2.61. The van der Waals surface area contributed by atoms with Gasteiger partial charge >= 0.3 is 5.97 Å². The van der Waals surface area contributed by atoms with Crippen LogP contribution in [0.15, 0.2) is 42.5 Å². The Kier molecular flexibility index (Phi) is 7.06. The number of esters is 1. The van der Waals surface area contributed by atoms with Crippen molar-refractivity contribution in [3.8, 4) is 0 Å². The lowest BCUT2D eigenvalue weighted by molar-refractivity contribution is -0.437. The van der Waals surface area contributed by atoms with Gasteiger partial charge in [0, 0.05) is 18.3 Å². The van der Waals surface area contributed by atoms with Crippen LogP contribution in [0.4, 0.5) is 0 Å². The van der Waals surface area contributed by atoms with Gasteiger partial charge in [0.25, 0.3) is 5.97 Å². The second-order valence-electron chi connectivity index (χ2n) is 15.9. The minimum Gasteiger partial charge on any atom is -0.455 e. The minimum absolute atomic E-state index is 0.122. The predicted octanol–water partition coefficient (Wildman–Crippen LogP) is 4.52. The summed E-state index contributed by atoms with van der Waals surface area (Å²) in [6.07, 6.45) is 3.37. The highest BCUT2D eigenvalue weighted by molar-refractivity contribution is 5.89. The molecule has 0 unspecified atom stereocenters. The first-order chi connectivity index (χ1) is 21.9. The number of hydrogen-bond acceptors (Lipinski definition) is 9. The van der Waals surface area contributed by atoms with Crippen molar-refractivity contribution in [2.24, 2.45) is 35.5 Å². The molecule has 46 heavy (non-hydrogen) atoms. The topological polar surface area (TPSA) is 127 Å². The highest BCUT2D eigenvalue weighted by atomic mass is 16.9. The van der Waals surface area contributed by atoms with Crippen molar-refractivity contribution in [3.63, 3.8) is 0 Å². The van der Waals surface area contributed by atoms with E-state index in [1.807, 2.05) is 19.9 Å². The fourth-order valence-corrected chi connectivity index (χ4v) is 11.6. The number of ether oxygens (including phenoxy) is 5. The Morgan fingerprint density at radius 3 is 2.46 bits per heavy atom. The molecule has 0 radical (unpaired) electrons. The number of fused-ring (bicyclic) bond motifs is 1. The molecule has 4 aliphatic heterocycles. The van der Waals surface area contributed by atoms with Crippen molar-refractivity contribution in [2.75, 3.05) is 6.61 Å². The van der Waals surface area contributed by atoms with E-state index in [0.29, 0.717) is 18.4 Å². The monoisotopic (exact) mass is 638 g/mol. The summed E-state index contributed by atoms with van der Waals surface area (Å²) in [5.41, 5.74) is -4.16. The number of benzene rings is 1. The molecule has 3 bridgehead atoms. The normalized spacial score (nSPS) is 53.6. The number of carbonyl (C=O) groups excluding carboxylic acids is 1. The molecule has 0 amide bonds. The second-order valence-corrected chi connectivity index (χ2v) is 15.9. The van der Waals surface area contributed by atoms with Crippen molar-refractivity contribution < 1.29 is 43.8 Å². The van der Waals surface area contributed by atoms with Crippen molar-refractivity contribution in [1.29, 1.82) is 0 Å². The minimum atomic E-state index is -2.00. The van der Waals surface area contributed by atoms with Gasteiger partial charge in [0.15, 0.2) is 0 Å². The molecule has 1 aromatic rings. The van der Waals surface area contributed by atoms with Gasteiger partial charge in [0.1, 0.15) is 41.2 Å². The molecule has 3 N–H and O–H groups in total. The summed E-state index contributed by atoms with van der Waals surface area (Å²) in [7, 11) is 0. The first-order valence-corrected chi connectivity index (χ1v) is 17.6. The molecule has 7 aliphatic rings. The Bertz CT molecular complexity index is 1400. The molecule has 15 atom stereocenters. The van der Waals surface area contributed by atoms with Gasteiger partial charge in [-0.2, -0.15) is 0 Å². The molecule has 4 saturated heterocycles. The summed E-state index contributed by atoms with van der Waals surface area (Å²) in [6, 6.07) is 8.76. The van der Waals surface area contributed by atoms with Crippen LogP contribution >= 0.6 is 0 Å². The van der Waals surface area contributed by atoms with Gasteiger partial charge in [0.2, 0.25) is 0 Å². The van der Waals surface area contributed by atoms with E-state index >= 15 is 0 Å². The number of rotatable bonds is 4. The summed E-state index contributed by atoms with van der Waals surface area (Å²) in [6.45, 7) is 12.3.